The first-order chi connectivity index (χ1) is 10.8. The molecule has 0 N–H and O–H groups in total. The predicted molar refractivity (Wildman–Crippen MR) is 108 cm³/mol. The van der Waals surface area contributed by atoms with Crippen LogP contribution in [-0.4, -0.2) is 22.0 Å². The summed E-state index contributed by atoms with van der Waals surface area (Å²) in [4.78, 5) is 14.6. The lowest BCUT2D eigenvalue weighted by molar-refractivity contribution is 0.0975. The van der Waals surface area contributed by atoms with Crippen LogP contribution in [0.5, 0.6) is 0 Å². The van der Waals surface area contributed by atoms with Gasteiger partial charge in [0.25, 0.3) is 0 Å². The fourth-order valence-electron chi connectivity index (χ4n) is 2.35. The lowest BCUT2D eigenvalue weighted by atomic mass is 9.93. The van der Waals surface area contributed by atoms with E-state index in [2.05, 4.69) is 77.0 Å². The Hall–Kier alpha value is -0.650. The molecule has 5 heteroatoms. The first-order valence-corrected chi connectivity index (χ1v) is 9.59. The number of halogens is 3. The standard InChI is InChI=1S/C18H18Br3NO/c1-22(2)15-10-8-13(9-11-15)16(18(19,20)21)12-17(23)14-6-4-3-5-7-14/h3-11,16H,12H2,1-2H3. The highest BCUT2D eigenvalue weighted by Gasteiger charge is 2.34. The van der Waals surface area contributed by atoms with Gasteiger partial charge in [-0.25, -0.2) is 0 Å². The molecule has 0 bridgehead atoms. The van der Waals surface area contributed by atoms with Crippen LogP contribution >= 0.6 is 47.8 Å². The second-order valence-electron chi connectivity index (χ2n) is 5.57. The first-order valence-electron chi connectivity index (χ1n) is 7.21. The molecule has 0 aliphatic rings. The molecule has 2 aromatic carbocycles. The van der Waals surface area contributed by atoms with Gasteiger partial charge in [-0.2, -0.15) is 0 Å². The van der Waals surface area contributed by atoms with Gasteiger partial charge in [0.1, 0.15) is 2.14 Å². The maximum absolute atomic E-state index is 12.6. The number of carbonyl (C=O) groups is 1. The summed E-state index contributed by atoms with van der Waals surface area (Å²) >= 11 is 10.8. The molecule has 0 aliphatic heterocycles. The summed E-state index contributed by atoms with van der Waals surface area (Å²) in [6, 6.07) is 17.7. The number of nitrogens with zero attached hydrogens (tertiary/aromatic N) is 1. The molecular formula is C18H18Br3NO. The summed E-state index contributed by atoms with van der Waals surface area (Å²) in [5.41, 5.74) is 2.95. The molecule has 1 unspecified atom stereocenters. The van der Waals surface area contributed by atoms with E-state index in [1.807, 2.05) is 44.4 Å². The molecular weight excluding hydrogens is 486 g/mol. The quantitative estimate of drug-likeness (QED) is 0.371. The van der Waals surface area contributed by atoms with Crippen LogP contribution in [0.15, 0.2) is 54.6 Å². The molecule has 0 spiro atoms. The normalized spacial score (nSPS) is 12.7. The van der Waals surface area contributed by atoms with Crippen molar-refractivity contribution in [2.24, 2.45) is 0 Å². The average Bonchev–Trinajstić information content (AvgIpc) is 2.52. The van der Waals surface area contributed by atoms with Crippen LogP contribution < -0.4 is 4.90 Å². The summed E-state index contributed by atoms with van der Waals surface area (Å²) in [5, 5.41) is 0. The minimum atomic E-state index is -0.531. The van der Waals surface area contributed by atoms with Crippen LogP contribution in [0.4, 0.5) is 5.69 Å². The molecule has 23 heavy (non-hydrogen) atoms. The topological polar surface area (TPSA) is 20.3 Å². The van der Waals surface area contributed by atoms with Crippen LogP contribution in [0.1, 0.15) is 28.3 Å². The number of hydrogen-bond acceptors (Lipinski definition) is 2. The van der Waals surface area contributed by atoms with Gasteiger partial charge >= 0.3 is 0 Å². The Bertz CT molecular complexity index is 648. The van der Waals surface area contributed by atoms with E-state index in [0.29, 0.717) is 6.42 Å². The average molecular weight is 504 g/mol. The Morgan fingerprint density at radius 3 is 2.04 bits per heavy atom. The Balaban J connectivity index is 2.26. The maximum atomic E-state index is 12.6. The summed E-state index contributed by atoms with van der Waals surface area (Å²) < 4.78 is -0.531. The third-order valence-electron chi connectivity index (χ3n) is 3.69. The van der Waals surface area contributed by atoms with Crippen LogP contribution in [0.2, 0.25) is 0 Å². The minimum absolute atomic E-state index is 0.0496. The Morgan fingerprint density at radius 1 is 1.00 bits per heavy atom. The van der Waals surface area contributed by atoms with Gasteiger partial charge in [-0.05, 0) is 17.7 Å². The molecule has 0 fully saturated rings. The zero-order valence-corrected chi connectivity index (χ0v) is 17.7. The van der Waals surface area contributed by atoms with Crippen molar-refractivity contribution in [3.63, 3.8) is 0 Å². The van der Waals surface area contributed by atoms with Gasteiger partial charge < -0.3 is 4.90 Å². The molecule has 0 heterocycles. The highest BCUT2D eigenvalue weighted by Crippen LogP contribution is 2.48. The molecule has 0 aromatic heterocycles. The number of Topliss-reactive ketones (excluding diaryl/α,β-unsaturated/α-hetero) is 1. The fourth-order valence-corrected chi connectivity index (χ4v) is 3.63. The molecule has 122 valence electrons. The van der Waals surface area contributed by atoms with Crippen molar-refractivity contribution in [1.82, 2.24) is 0 Å². The van der Waals surface area contributed by atoms with Crippen LogP contribution in [0, 0.1) is 0 Å². The molecule has 0 radical (unpaired) electrons. The number of rotatable bonds is 5. The number of anilines is 1. The smallest absolute Gasteiger partial charge is 0.163 e. The Morgan fingerprint density at radius 2 is 1.57 bits per heavy atom. The second kappa shape index (κ2) is 7.95. The van der Waals surface area contributed by atoms with Crippen molar-refractivity contribution in [2.45, 2.75) is 14.5 Å². The lowest BCUT2D eigenvalue weighted by Crippen LogP contribution is -2.19. The highest BCUT2D eigenvalue weighted by molar-refractivity contribution is 9.39. The maximum Gasteiger partial charge on any atom is 0.163 e. The van der Waals surface area contributed by atoms with E-state index < -0.39 is 2.14 Å². The highest BCUT2D eigenvalue weighted by atomic mass is 80.0. The van der Waals surface area contributed by atoms with Gasteiger partial charge in [0.05, 0.1) is 0 Å². The third kappa shape index (κ3) is 5.16. The summed E-state index contributed by atoms with van der Waals surface area (Å²) in [5.74, 6) is 0.0708. The molecule has 2 nitrogen and oxygen atoms in total. The van der Waals surface area contributed by atoms with Crippen molar-refractivity contribution in [2.75, 3.05) is 19.0 Å². The Kier molecular flexibility index (Phi) is 6.46. The van der Waals surface area contributed by atoms with Gasteiger partial charge in [0, 0.05) is 37.7 Å². The van der Waals surface area contributed by atoms with Gasteiger partial charge in [-0.1, -0.05) is 90.3 Å². The zero-order valence-electron chi connectivity index (χ0n) is 13.0. The summed E-state index contributed by atoms with van der Waals surface area (Å²) in [6.45, 7) is 0. The Labute approximate surface area is 162 Å². The van der Waals surface area contributed by atoms with E-state index >= 15 is 0 Å². The van der Waals surface area contributed by atoms with Crippen molar-refractivity contribution in [3.8, 4) is 0 Å². The molecule has 2 aromatic rings. The van der Waals surface area contributed by atoms with Crippen molar-refractivity contribution >= 4 is 59.3 Å². The molecule has 2 rings (SSSR count). The van der Waals surface area contributed by atoms with Gasteiger partial charge in [0.2, 0.25) is 0 Å². The van der Waals surface area contributed by atoms with Crippen molar-refractivity contribution < 1.29 is 4.79 Å². The van der Waals surface area contributed by atoms with E-state index in [4.69, 9.17) is 0 Å². The monoisotopic (exact) mass is 501 g/mol. The zero-order chi connectivity index (χ0) is 17.0. The van der Waals surface area contributed by atoms with Gasteiger partial charge in [-0.3, -0.25) is 4.79 Å². The molecule has 0 amide bonds. The number of hydrogen-bond donors (Lipinski definition) is 0. The van der Waals surface area contributed by atoms with E-state index in [-0.39, 0.29) is 11.7 Å². The van der Waals surface area contributed by atoms with Crippen LogP contribution in [0.25, 0.3) is 0 Å². The summed E-state index contributed by atoms with van der Waals surface area (Å²) in [7, 11) is 4.02. The number of carbonyl (C=O) groups excluding carboxylic acids is 1. The largest absolute Gasteiger partial charge is 0.378 e. The third-order valence-corrected chi connectivity index (χ3v) is 5.35. The van der Waals surface area contributed by atoms with E-state index in [9.17, 15) is 4.79 Å². The summed E-state index contributed by atoms with van der Waals surface area (Å²) in [6.07, 6.45) is 0.396. The van der Waals surface area contributed by atoms with Crippen LogP contribution in [0.3, 0.4) is 0 Å². The van der Waals surface area contributed by atoms with E-state index in [1.54, 1.807) is 0 Å². The fraction of sp³-hybridized carbons (Fsp3) is 0.278. The van der Waals surface area contributed by atoms with Crippen molar-refractivity contribution in [3.05, 3.63) is 65.7 Å². The number of alkyl halides is 3. The van der Waals surface area contributed by atoms with Gasteiger partial charge in [-0.15, -0.1) is 0 Å². The minimum Gasteiger partial charge on any atom is -0.378 e. The molecule has 0 saturated carbocycles. The lowest BCUT2D eigenvalue weighted by Gasteiger charge is -2.26. The van der Waals surface area contributed by atoms with E-state index in [0.717, 1.165) is 16.8 Å². The second-order valence-corrected chi connectivity index (χ2v) is 12.5. The van der Waals surface area contributed by atoms with E-state index in [1.165, 1.54) is 0 Å². The molecule has 0 aliphatic carbocycles. The van der Waals surface area contributed by atoms with Crippen molar-refractivity contribution in [1.29, 1.82) is 0 Å². The predicted octanol–water partition coefficient (Wildman–Crippen LogP) is 5.95. The number of ketones is 1. The van der Waals surface area contributed by atoms with Gasteiger partial charge in [0.15, 0.2) is 5.78 Å². The molecule has 1 atom stereocenters. The van der Waals surface area contributed by atoms with Crippen LogP contribution in [-0.2, 0) is 0 Å². The molecule has 0 saturated heterocycles. The number of benzene rings is 2. The SMILES string of the molecule is CN(C)c1ccc(C(CC(=O)c2ccccc2)C(Br)(Br)Br)cc1. The first kappa shape index (κ1) is 18.7.